The molecule has 0 spiro atoms. The van der Waals surface area contributed by atoms with Crippen molar-refractivity contribution in [3.05, 3.63) is 30.0 Å². The molecule has 2 N–H and O–H groups in total. The van der Waals surface area contributed by atoms with Crippen LogP contribution in [0.1, 0.15) is 130 Å². The zero-order valence-corrected chi connectivity index (χ0v) is 24.7. The molecule has 0 saturated carbocycles. The van der Waals surface area contributed by atoms with Crippen LogP contribution in [0.5, 0.6) is 5.75 Å². The maximum absolute atomic E-state index is 6.39. The molecular weight excluding hydrogens is 462 g/mol. The number of hydrogen-bond acceptors (Lipinski definition) is 4. The predicted octanol–water partition coefficient (Wildman–Crippen LogP) is 9.72. The van der Waals surface area contributed by atoms with Gasteiger partial charge in [-0.15, -0.1) is 11.8 Å². The minimum Gasteiger partial charge on any atom is -0.491 e. The summed E-state index contributed by atoms with van der Waals surface area (Å²) in [6, 6.07) is 8.49. The standard InChI is InChI=1S/C31H53N3OS/c1-6-8-10-12-13-14-15-16-17-19-23-36-26-20-21-27(28(24-26)35-22-18-11-9-7-2)34-30(32)25-29(33-34)31(3,4)5/h20-21,24-25H,6-19,22-23,32H2,1-5H3. The predicted molar refractivity (Wildman–Crippen MR) is 159 cm³/mol. The van der Waals surface area contributed by atoms with E-state index in [9.17, 15) is 0 Å². The Labute approximate surface area is 226 Å². The Hall–Kier alpha value is -1.62. The lowest BCUT2D eigenvalue weighted by Crippen LogP contribution is -2.13. The third kappa shape index (κ3) is 11.2. The third-order valence-corrected chi connectivity index (χ3v) is 7.77. The van der Waals surface area contributed by atoms with Crippen LogP contribution in [0.4, 0.5) is 5.82 Å². The highest BCUT2D eigenvalue weighted by Gasteiger charge is 2.21. The molecule has 0 amide bonds. The molecule has 36 heavy (non-hydrogen) atoms. The molecular formula is C31H53N3OS. The molecule has 0 atom stereocenters. The average Bonchev–Trinajstić information content (AvgIpc) is 3.24. The van der Waals surface area contributed by atoms with E-state index in [0.29, 0.717) is 5.82 Å². The van der Waals surface area contributed by atoms with Gasteiger partial charge in [0.15, 0.2) is 0 Å². The molecule has 4 nitrogen and oxygen atoms in total. The van der Waals surface area contributed by atoms with E-state index in [0.717, 1.165) is 35.9 Å². The number of ether oxygens (including phenoxy) is 1. The first kappa shape index (κ1) is 30.6. The summed E-state index contributed by atoms with van der Waals surface area (Å²) in [5.74, 6) is 2.69. The quantitative estimate of drug-likeness (QED) is 0.149. The second kappa shape index (κ2) is 17.0. The van der Waals surface area contributed by atoms with Gasteiger partial charge in [0, 0.05) is 16.4 Å². The molecule has 0 aliphatic rings. The second-order valence-electron chi connectivity index (χ2n) is 11.2. The Morgan fingerprint density at radius 2 is 1.39 bits per heavy atom. The van der Waals surface area contributed by atoms with E-state index in [-0.39, 0.29) is 5.41 Å². The van der Waals surface area contributed by atoms with E-state index in [2.05, 4.69) is 52.8 Å². The maximum atomic E-state index is 6.39. The van der Waals surface area contributed by atoms with Gasteiger partial charge in [0.25, 0.3) is 0 Å². The van der Waals surface area contributed by atoms with Crippen molar-refractivity contribution in [1.29, 1.82) is 0 Å². The van der Waals surface area contributed by atoms with Crippen molar-refractivity contribution in [3.63, 3.8) is 0 Å². The van der Waals surface area contributed by atoms with E-state index < -0.39 is 0 Å². The third-order valence-electron chi connectivity index (χ3n) is 6.69. The van der Waals surface area contributed by atoms with Crippen LogP contribution >= 0.6 is 11.8 Å². The largest absolute Gasteiger partial charge is 0.491 e. The van der Waals surface area contributed by atoms with Crippen molar-refractivity contribution >= 4 is 17.6 Å². The van der Waals surface area contributed by atoms with Gasteiger partial charge >= 0.3 is 0 Å². The molecule has 0 bridgehead atoms. The van der Waals surface area contributed by atoms with Gasteiger partial charge in [-0.05, 0) is 36.8 Å². The van der Waals surface area contributed by atoms with Crippen LogP contribution in [-0.2, 0) is 5.41 Å². The van der Waals surface area contributed by atoms with Crippen LogP contribution in [0, 0.1) is 0 Å². The van der Waals surface area contributed by atoms with Crippen LogP contribution in [0.2, 0.25) is 0 Å². The monoisotopic (exact) mass is 515 g/mol. The lowest BCUT2D eigenvalue weighted by molar-refractivity contribution is 0.303. The molecule has 1 aromatic carbocycles. The van der Waals surface area contributed by atoms with Gasteiger partial charge in [-0.2, -0.15) is 5.10 Å². The fraction of sp³-hybridized carbons (Fsp3) is 0.710. The summed E-state index contributed by atoms with van der Waals surface area (Å²) in [4.78, 5) is 1.26. The normalized spacial score (nSPS) is 11.8. The minimum absolute atomic E-state index is 0.0502. The van der Waals surface area contributed by atoms with Crippen LogP contribution in [0.3, 0.4) is 0 Å². The summed E-state index contributed by atoms with van der Waals surface area (Å²) in [5, 5.41) is 4.84. The van der Waals surface area contributed by atoms with E-state index in [1.807, 2.05) is 22.5 Å². The topological polar surface area (TPSA) is 53.1 Å². The van der Waals surface area contributed by atoms with Gasteiger partial charge in [0.05, 0.1) is 12.3 Å². The molecule has 204 valence electrons. The maximum Gasteiger partial charge on any atom is 0.146 e. The average molecular weight is 516 g/mol. The summed E-state index contributed by atoms with van der Waals surface area (Å²) in [6.45, 7) is 11.7. The Morgan fingerprint density at radius 1 is 0.806 bits per heavy atom. The Bertz CT molecular complexity index is 856. The van der Waals surface area contributed by atoms with Gasteiger partial charge in [0.2, 0.25) is 0 Å². The van der Waals surface area contributed by atoms with E-state index >= 15 is 0 Å². The molecule has 0 aliphatic carbocycles. The Morgan fingerprint density at radius 3 is 1.97 bits per heavy atom. The number of aromatic nitrogens is 2. The number of nitrogens with two attached hydrogens (primary N) is 1. The fourth-order valence-corrected chi connectivity index (χ4v) is 5.26. The SMILES string of the molecule is CCCCCCCCCCCCSc1ccc(-n2nc(C(C)(C)C)cc2N)c(OCCCCCC)c1. The molecule has 0 fully saturated rings. The first-order chi connectivity index (χ1) is 17.4. The highest BCUT2D eigenvalue weighted by Crippen LogP contribution is 2.33. The number of nitrogens with zero attached hydrogens (tertiary/aromatic N) is 2. The second-order valence-corrected chi connectivity index (χ2v) is 12.4. The molecule has 5 heteroatoms. The number of benzene rings is 1. The van der Waals surface area contributed by atoms with Crippen molar-refractivity contribution in [2.24, 2.45) is 0 Å². The molecule has 1 heterocycles. The smallest absolute Gasteiger partial charge is 0.146 e. The number of hydrogen-bond donors (Lipinski definition) is 1. The van der Waals surface area contributed by atoms with Crippen molar-refractivity contribution in [1.82, 2.24) is 9.78 Å². The van der Waals surface area contributed by atoms with Crippen molar-refractivity contribution in [2.75, 3.05) is 18.1 Å². The van der Waals surface area contributed by atoms with Gasteiger partial charge in [-0.1, -0.05) is 112 Å². The molecule has 2 aromatic rings. The number of nitrogen functional groups attached to an aromatic ring is 1. The lowest BCUT2D eigenvalue weighted by atomic mass is 9.92. The summed E-state index contributed by atoms with van der Waals surface area (Å²) in [5.41, 5.74) is 8.27. The highest BCUT2D eigenvalue weighted by molar-refractivity contribution is 7.99. The zero-order chi connectivity index (χ0) is 26.2. The molecule has 0 unspecified atom stereocenters. The molecule has 0 saturated heterocycles. The van der Waals surface area contributed by atoms with Crippen LogP contribution in [-0.4, -0.2) is 22.1 Å². The fourth-order valence-electron chi connectivity index (χ4n) is 4.32. The molecule has 0 radical (unpaired) electrons. The summed E-state index contributed by atoms with van der Waals surface area (Å²) in [6.07, 6.45) is 18.5. The number of rotatable bonds is 19. The van der Waals surface area contributed by atoms with E-state index in [4.69, 9.17) is 15.6 Å². The summed E-state index contributed by atoms with van der Waals surface area (Å²) >= 11 is 1.94. The van der Waals surface area contributed by atoms with Crippen molar-refractivity contribution in [2.45, 2.75) is 135 Å². The number of anilines is 1. The Balaban J connectivity index is 1.91. The Kier molecular flexibility index (Phi) is 14.4. The van der Waals surface area contributed by atoms with Crippen LogP contribution in [0.15, 0.2) is 29.2 Å². The molecule has 0 aliphatic heterocycles. The minimum atomic E-state index is -0.0502. The first-order valence-corrected chi connectivity index (χ1v) is 15.6. The lowest BCUT2D eigenvalue weighted by Gasteiger charge is -2.16. The first-order valence-electron chi connectivity index (χ1n) is 14.6. The van der Waals surface area contributed by atoms with E-state index in [1.165, 1.54) is 88.4 Å². The molecule has 1 aromatic heterocycles. The summed E-state index contributed by atoms with van der Waals surface area (Å²) in [7, 11) is 0. The number of unbranched alkanes of at least 4 members (excludes halogenated alkanes) is 12. The van der Waals surface area contributed by atoms with Gasteiger partial charge < -0.3 is 10.5 Å². The van der Waals surface area contributed by atoms with Crippen LogP contribution < -0.4 is 10.5 Å². The van der Waals surface area contributed by atoms with E-state index in [1.54, 1.807) is 0 Å². The highest BCUT2D eigenvalue weighted by atomic mass is 32.2. The van der Waals surface area contributed by atoms with Gasteiger partial charge in [-0.25, -0.2) is 4.68 Å². The van der Waals surface area contributed by atoms with Gasteiger partial charge in [-0.3, -0.25) is 0 Å². The molecule has 2 rings (SSSR count). The van der Waals surface area contributed by atoms with Crippen molar-refractivity contribution < 1.29 is 4.74 Å². The summed E-state index contributed by atoms with van der Waals surface area (Å²) < 4.78 is 8.15. The zero-order valence-electron chi connectivity index (χ0n) is 23.9. The van der Waals surface area contributed by atoms with Crippen LogP contribution in [0.25, 0.3) is 5.69 Å². The van der Waals surface area contributed by atoms with Gasteiger partial charge in [0.1, 0.15) is 17.3 Å². The number of thioether (sulfide) groups is 1. The van der Waals surface area contributed by atoms with Crippen molar-refractivity contribution in [3.8, 4) is 11.4 Å².